The molecule has 0 fully saturated rings. The maximum Gasteiger partial charge on any atom is 0.305 e. The maximum atomic E-state index is 12.1. The Morgan fingerprint density at radius 2 is 2.16 bits per heavy atom. The molecule has 100 valence electrons. The number of esters is 1. The summed E-state index contributed by atoms with van der Waals surface area (Å²) < 4.78 is 6.51. The molecule has 0 radical (unpaired) electrons. The minimum atomic E-state index is -0.219. The quantitative estimate of drug-likeness (QED) is 0.607. The normalized spacial score (nSPS) is 10.6. The van der Waals surface area contributed by atoms with E-state index in [1.807, 2.05) is 18.2 Å². The number of aromatic nitrogens is 2. The molecule has 5 heteroatoms. The van der Waals surface area contributed by atoms with Gasteiger partial charge >= 0.3 is 5.97 Å². The fourth-order valence-electron chi connectivity index (χ4n) is 1.79. The monoisotopic (exact) mass is 260 g/mol. The van der Waals surface area contributed by atoms with Gasteiger partial charge in [-0.25, -0.2) is 4.98 Å². The van der Waals surface area contributed by atoms with Crippen molar-refractivity contribution >= 4 is 16.9 Å². The molecule has 0 N–H and O–H groups in total. The van der Waals surface area contributed by atoms with Gasteiger partial charge in [-0.3, -0.25) is 14.2 Å². The van der Waals surface area contributed by atoms with Crippen molar-refractivity contribution in [1.29, 1.82) is 0 Å². The van der Waals surface area contributed by atoms with Crippen molar-refractivity contribution in [3.8, 4) is 0 Å². The first-order valence-electron chi connectivity index (χ1n) is 6.32. The van der Waals surface area contributed by atoms with Crippen LogP contribution >= 0.6 is 0 Å². The van der Waals surface area contributed by atoms with Gasteiger partial charge < -0.3 is 4.74 Å². The number of hydrogen-bond acceptors (Lipinski definition) is 4. The van der Waals surface area contributed by atoms with E-state index in [-0.39, 0.29) is 11.5 Å². The minimum Gasteiger partial charge on any atom is -0.466 e. The summed E-state index contributed by atoms with van der Waals surface area (Å²) in [7, 11) is 0. The first-order valence-corrected chi connectivity index (χ1v) is 6.32. The second kappa shape index (κ2) is 6.13. The van der Waals surface area contributed by atoms with Crippen LogP contribution in [0.2, 0.25) is 0 Å². The molecule has 0 saturated carbocycles. The lowest BCUT2D eigenvalue weighted by molar-refractivity contribution is -0.143. The van der Waals surface area contributed by atoms with Crippen LogP contribution in [-0.2, 0) is 16.1 Å². The smallest absolute Gasteiger partial charge is 0.305 e. The first-order chi connectivity index (χ1) is 9.22. The van der Waals surface area contributed by atoms with Crippen LogP contribution in [0.5, 0.6) is 0 Å². The van der Waals surface area contributed by atoms with Gasteiger partial charge in [0.2, 0.25) is 0 Å². The fraction of sp³-hybridized carbons (Fsp3) is 0.357. The van der Waals surface area contributed by atoms with E-state index in [2.05, 4.69) is 4.98 Å². The first kappa shape index (κ1) is 13.3. The summed E-state index contributed by atoms with van der Waals surface area (Å²) in [5, 5.41) is 0.607. The van der Waals surface area contributed by atoms with Crippen molar-refractivity contribution in [1.82, 2.24) is 9.55 Å². The van der Waals surface area contributed by atoms with Gasteiger partial charge in [-0.2, -0.15) is 0 Å². The lowest BCUT2D eigenvalue weighted by Gasteiger charge is -2.07. The Morgan fingerprint density at radius 3 is 2.95 bits per heavy atom. The van der Waals surface area contributed by atoms with Gasteiger partial charge in [0.15, 0.2) is 0 Å². The van der Waals surface area contributed by atoms with Crippen molar-refractivity contribution in [2.45, 2.75) is 26.3 Å². The van der Waals surface area contributed by atoms with Crippen LogP contribution < -0.4 is 5.56 Å². The van der Waals surface area contributed by atoms with Crippen LogP contribution in [0.15, 0.2) is 35.4 Å². The second-order valence-corrected chi connectivity index (χ2v) is 4.19. The summed E-state index contributed by atoms with van der Waals surface area (Å²) in [6, 6.07) is 7.24. The number of hydrogen-bond donors (Lipinski definition) is 0. The summed E-state index contributed by atoms with van der Waals surface area (Å²) in [5.74, 6) is -0.219. The van der Waals surface area contributed by atoms with Crippen LogP contribution in [0.4, 0.5) is 0 Å². The van der Waals surface area contributed by atoms with E-state index in [1.165, 1.54) is 6.33 Å². The largest absolute Gasteiger partial charge is 0.466 e. The number of carbonyl (C=O) groups excluding carboxylic acids is 1. The average molecular weight is 260 g/mol. The molecule has 2 aromatic rings. The van der Waals surface area contributed by atoms with Crippen LogP contribution in [0.1, 0.15) is 19.8 Å². The number of ether oxygens (including phenoxy) is 1. The summed E-state index contributed by atoms with van der Waals surface area (Å²) >= 11 is 0. The second-order valence-electron chi connectivity index (χ2n) is 4.19. The van der Waals surface area contributed by atoms with Gasteiger partial charge in [-0.15, -0.1) is 0 Å². The molecule has 0 aliphatic heterocycles. The summed E-state index contributed by atoms with van der Waals surface area (Å²) in [6.45, 7) is 2.57. The number of benzene rings is 1. The van der Waals surface area contributed by atoms with Crippen LogP contribution in [0.25, 0.3) is 10.9 Å². The number of nitrogens with zero attached hydrogens (tertiary/aromatic N) is 2. The average Bonchev–Trinajstić information content (AvgIpc) is 2.45. The molecule has 0 aliphatic rings. The van der Waals surface area contributed by atoms with Crippen LogP contribution in [0, 0.1) is 0 Å². The van der Waals surface area contributed by atoms with Gasteiger partial charge in [-0.1, -0.05) is 19.1 Å². The molecule has 0 amide bonds. The lowest BCUT2D eigenvalue weighted by atomic mass is 10.2. The van der Waals surface area contributed by atoms with E-state index in [0.717, 1.165) is 0 Å². The van der Waals surface area contributed by atoms with Gasteiger partial charge in [0.05, 0.1) is 23.8 Å². The molecule has 0 aliphatic carbocycles. The van der Waals surface area contributed by atoms with E-state index >= 15 is 0 Å². The summed E-state index contributed by atoms with van der Waals surface area (Å²) in [4.78, 5) is 27.3. The van der Waals surface area contributed by atoms with Crippen molar-refractivity contribution in [2.75, 3.05) is 6.61 Å². The molecule has 0 spiro atoms. The molecular formula is C14H16N2O3. The molecule has 5 nitrogen and oxygen atoms in total. The van der Waals surface area contributed by atoms with E-state index in [4.69, 9.17) is 4.74 Å². The van der Waals surface area contributed by atoms with Crippen LogP contribution in [0.3, 0.4) is 0 Å². The van der Waals surface area contributed by atoms with Crippen molar-refractivity contribution in [3.63, 3.8) is 0 Å². The molecule has 1 aromatic heterocycles. The fourth-order valence-corrected chi connectivity index (χ4v) is 1.79. The number of para-hydroxylation sites is 1. The zero-order valence-electron chi connectivity index (χ0n) is 10.8. The van der Waals surface area contributed by atoms with E-state index in [0.29, 0.717) is 36.9 Å². The van der Waals surface area contributed by atoms with Crippen molar-refractivity contribution in [3.05, 3.63) is 40.9 Å². The molecule has 0 bridgehead atoms. The maximum absolute atomic E-state index is 12.1. The zero-order chi connectivity index (χ0) is 13.7. The zero-order valence-corrected chi connectivity index (χ0v) is 10.8. The predicted octanol–water partition coefficient (Wildman–Crippen LogP) is 1.74. The Balaban J connectivity index is 2.03. The lowest BCUT2D eigenvalue weighted by Crippen LogP contribution is -2.21. The standard InChI is InChI=1S/C14H16N2O3/c1-2-13(17)19-9-5-8-16-10-15-12-7-4-3-6-11(12)14(16)18/h3-4,6-7,10H,2,5,8-9H2,1H3. The van der Waals surface area contributed by atoms with E-state index in [1.54, 1.807) is 17.6 Å². The third-order valence-corrected chi connectivity index (χ3v) is 2.83. The Bertz CT molecular complexity index is 634. The molecule has 1 heterocycles. The number of fused-ring (bicyclic) bond motifs is 1. The predicted molar refractivity (Wildman–Crippen MR) is 71.9 cm³/mol. The highest BCUT2D eigenvalue weighted by Crippen LogP contribution is 2.04. The highest BCUT2D eigenvalue weighted by atomic mass is 16.5. The molecule has 0 saturated heterocycles. The van der Waals surface area contributed by atoms with Crippen molar-refractivity contribution < 1.29 is 9.53 Å². The van der Waals surface area contributed by atoms with E-state index in [9.17, 15) is 9.59 Å². The molecular weight excluding hydrogens is 244 g/mol. The molecule has 0 unspecified atom stereocenters. The molecule has 1 aromatic carbocycles. The van der Waals surface area contributed by atoms with Gasteiger partial charge in [0.1, 0.15) is 0 Å². The van der Waals surface area contributed by atoms with Gasteiger partial charge in [0, 0.05) is 13.0 Å². The highest BCUT2D eigenvalue weighted by molar-refractivity contribution is 5.76. The third-order valence-electron chi connectivity index (χ3n) is 2.83. The minimum absolute atomic E-state index is 0.0626. The summed E-state index contributed by atoms with van der Waals surface area (Å²) in [6.07, 6.45) is 2.51. The van der Waals surface area contributed by atoms with Gasteiger partial charge in [-0.05, 0) is 18.6 Å². The highest BCUT2D eigenvalue weighted by Gasteiger charge is 2.03. The van der Waals surface area contributed by atoms with Crippen molar-refractivity contribution in [2.24, 2.45) is 0 Å². The molecule has 19 heavy (non-hydrogen) atoms. The Hall–Kier alpha value is -2.17. The number of rotatable bonds is 5. The van der Waals surface area contributed by atoms with E-state index < -0.39 is 0 Å². The van der Waals surface area contributed by atoms with Gasteiger partial charge in [0.25, 0.3) is 5.56 Å². The van der Waals surface area contributed by atoms with Crippen LogP contribution in [-0.4, -0.2) is 22.1 Å². The SMILES string of the molecule is CCC(=O)OCCCn1cnc2ccccc2c1=O. The number of aryl methyl sites for hydroxylation is 1. The molecule has 2 rings (SSSR count). The third kappa shape index (κ3) is 3.19. The number of carbonyl (C=O) groups is 1. The Kier molecular flexibility index (Phi) is 4.28. The Morgan fingerprint density at radius 1 is 1.37 bits per heavy atom. The topological polar surface area (TPSA) is 61.2 Å². The molecule has 0 atom stereocenters. The Labute approximate surface area is 110 Å². The summed E-state index contributed by atoms with van der Waals surface area (Å²) in [5.41, 5.74) is 0.633.